The molecule has 3 amide bonds. The van der Waals surface area contributed by atoms with Gasteiger partial charge in [-0.25, -0.2) is 0 Å². The number of amides is 3. The van der Waals surface area contributed by atoms with Crippen LogP contribution in [0, 0.1) is 0 Å². The number of halogens is 3. The smallest absolute Gasteiger partial charge is 0.411 e. The molecule has 1 unspecified atom stereocenters. The lowest BCUT2D eigenvalue weighted by molar-refractivity contribution is -0.204. The standard InChI is InChI=1S/C24H28F3N3O5/c25-24(26,27)13-34-16-11-29(12-16)18-3-1-2-4-20(18)35-15-5-6-17-14(9-15)10-30(23(17)33)19-7-8-21(31)28-22(19)32/h5-6,9,16,18-20H,1-4,7-8,10-13H2,(H,28,31,32)/t18-,19?,20-/m0/s1. The Morgan fingerprint density at radius 2 is 1.83 bits per heavy atom. The number of hydrogen-bond donors (Lipinski definition) is 1. The van der Waals surface area contributed by atoms with E-state index in [0.717, 1.165) is 31.2 Å². The molecule has 2 saturated heterocycles. The summed E-state index contributed by atoms with van der Waals surface area (Å²) < 4.78 is 48.5. The molecular weight excluding hydrogens is 467 g/mol. The minimum Gasteiger partial charge on any atom is -0.489 e. The molecule has 0 bridgehead atoms. The number of carbonyl (C=O) groups is 3. The molecule has 1 N–H and O–H groups in total. The van der Waals surface area contributed by atoms with Gasteiger partial charge in [0.2, 0.25) is 11.8 Å². The van der Waals surface area contributed by atoms with E-state index in [-0.39, 0.29) is 36.9 Å². The number of ether oxygens (including phenoxy) is 2. The number of nitrogens with one attached hydrogen (secondary N) is 1. The molecule has 1 aromatic rings. The topological polar surface area (TPSA) is 88.2 Å². The summed E-state index contributed by atoms with van der Waals surface area (Å²) in [6.07, 6.45) is -0.536. The minimum atomic E-state index is -4.32. The quantitative estimate of drug-likeness (QED) is 0.610. The van der Waals surface area contributed by atoms with Gasteiger partial charge in [0.15, 0.2) is 0 Å². The van der Waals surface area contributed by atoms with E-state index >= 15 is 0 Å². The van der Waals surface area contributed by atoms with Crippen LogP contribution in [0.1, 0.15) is 54.4 Å². The number of piperidine rings is 1. The van der Waals surface area contributed by atoms with E-state index in [2.05, 4.69) is 10.2 Å². The van der Waals surface area contributed by atoms with Crippen molar-refractivity contribution in [3.63, 3.8) is 0 Å². The maximum absolute atomic E-state index is 12.9. The molecule has 35 heavy (non-hydrogen) atoms. The van der Waals surface area contributed by atoms with Gasteiger partial charge in [0.05, 0.1) is 6.10 Å². The zero-order valence-corrected chi connectivity index (χ0v) is 19.2. The fourth-order valence-corrected chi connectivity index (χ4v) is 5.49. The number of fused-ring (bicyclic) bond motifs is 1. The first-order chi connectivity index (χ1) is 16.7. The Morgan fingerprint density at radius 3 is 2.57 bits per heavy atom. The fourth-order valence-electron chi connectivity index (χ4n) is 5.49. The van der Waals surface area contributed by atoms with E-state index in [1.165, 1.54) is 4.90 Å². The van der Waals surface area contributed by atoms with Crippen LogP contribution in [0.25, 0.3) is 0 Å². The number of carbonyl (C=O) groups excluding carboxylic acids is 3. The first-order valence-electron chi connectivity index (χ1n) is 12.0. The van der Waals surface area contributed by atoms with Crippen LogP contribution in [-0.2, 0) is 20.9 Å². The third kappa shape index (κ3) is 5.16. The molecule has 1 aromatic carbocycles. The van der Waals surface area contributed by atoms with Gasteiger partial charge in [-0.05, 0) is 49.4 Å². The Hall–Kier alpha value is -2.66. The SMILES string of the molecule is O=C1CCC(N2Cc3cc(O[C@H]4CCCC[C@@H]4N4CC(OCC(F)(F)F)C4)ccc3C2=O)C(=O)N1. The van der Waals surface area contributed by atoms with Crippen LogP contribution in [0.4, 0.5) is 13.2 Å². The molecule has 1 saturated carbocycles. The van der Waals surface area contributed by atoms with Gasteiger partial charge >= 0.3 is 6.18 Å². The maximum atomic E-state index is 12.9. The number of rotatable bonds is 6. The van der Waals surface area contributed by atoms with E-state index in [0.29, 0.717) is 30.8 Å². The average Bonchev–Trinajstić information content (AvgIpc) is 3.08. The number of benzene rings is 1. The van der Waals surface area contributed by atoms with Crippen molar-refractivity contribution in [3.05, 3.63) is 29.3 Å². The van der Waals surface area contributed by atoms with Crippen LogP contribution in [0.15, 0.2) is 18.2 Å². The lowest BCUT2D eigenvalue weighted by atomic mass is 9.89. The molecule has 3 aliphatic heterocycles. The van der Waals surface area contributed by atoms with Gasteiger partial charge in [-0.2, -0.15) is 13.2 Å². The Morgan fingerprint density at radius 1 is 1.06 bits per heavy atom. The highest BCUT2D eigenvalue weighted by atomic mass is 19.4. The average molecular weight is 495 g/mol. The molecule has 8 nitrogen and oxygen atoms in total. The molecule has 3 fully saturated rings. The highest BCUT2D eigenvalue weighted by Crippen LogP contribution is 2.34. The number of likely N-dealkylation sites (tertiary alicyclic amines) is 1. The monoisotopic (exact) mass is 495 g/mol. The molecule has 0 aromatic heterocycles. The van der Waals surface area contributed by atoms with E-state index in [4.69, 9.17) is 9.47 Å². The van der Waals surface area contributed by atoms with Gasteiger partial charge in [0.1, 0.15) is 24.5 Å². The summed E-state index contributed by atoms with van der Waals surface area (Å²) in [6.45, 7) is -0.0314. The van der Waals surface area contributed by atoms with Gasteiger partial charge in [0, 0.05) is 37.7 Å². The number of imide groups is 1. The van der Waals surface area contributed by atoms with Gasteiger partial charge < -0.3 is 14.4 Å². The molecule has 5 rings (SSSR count). The van der Waals surface area contributed by atoms with E-state index < -0.39 is 30.8 Å². The van der Waals surface area contributed by atoms with Crippen LogP contribution in [0.3, 0.4) is 0 Å². The summed E-state index contributed by atoms with van der Waals surface area (Å²) in [5.74, 6) is -0.379. The molecule has 3 heterocycles. The second-order valence-corrected chi connectivity index (χ2v) is 9.73. The van der Waals surface area contributed by atoms with Crippen molar-refractivity contribution < 1.29 is 37.0 Å². The lowest BCUT2D eigenvalue weighted by Gasteiger charge is -2.48. The summed E-state index contributed by atoms with van der Waals surface area (Å²) in [7, 11) is 0. The van der Waals surface area contributed by atoms with Gasteiger partial charge in [-0.1, -0.05) is 6.42 Å². The van der Waals surface area contributed by atoms with Crippen LogP contribution < -0.4 is 10.1 Å². The van der Waals surface area contributed by atoms with Crippen molar-refractivity contribution in [2.75, 3.05) is 19.7 Å². The summed E-state index contributed by atoms with van der Waals surface area (Å²) in [5, 5.41) is 2.30. The molecular formula is C24H28F3N3O5. The molecule has 11 heteroatoms. The molecule has 4 aliphatic rings. The second-order valence-electron chi connectivity index (χ2n) is 9.73. The molecule has 0 spiro atoms. The zero-order chi connectivity index (χ0) is 24.7. The van der Waals surface area contributed by atoms with Gasteiger partial charge in [-0.3, -0.25) is 24.6 Å². The van der Waals surface area contributed by atoms with Gasteiger partial charge in [0.25, 0.3) is 5.91 Å². The number of nitrogens with zero attached hydrogens (tertiary/aromatic N) is 2. The van der Waals surface area contributed by atoms with Crippen molar-refractivity contribution in [3.8, 4) is 5.75 Å². The largest absolute Gasteiger partial charge is 0.489 e. The summed E-state index contributed by atoms with van der Waals surface area (Å²) in [4.78, 5) is 40.2. The number of hydrogen-bond acceptors (Lipinski definition) is 6. The highest BCUT2D eigenvalue weighted by molar-refractivity contribution is 6.05. The van der Waals surface area contributed by atoms with E-state index in [1.807, 2.05) is 6.07 Å². The van der Waals surface area contributed by atoms with Crippen molar-refractivity contribution in [1.82, 2.24) is 15.1 Å². The summed E-state index contributed by atoms with van der Waals surface area (Å²) in [6, 6.07) is 4.72. The zero-order valence-electron chi connectivity index (χ0n) is 19.2. The third-order valence-corrected chi connectivity index (χ3v) is 7.28. The fraction of sp³-hybridized carbons (Fsp3) is 0.625. The molecule has 0 radical (unpaired) electrons. The summed E-state index contributed by atoms with van der Waals surface area (Å²) >= 11 is 0. The van der Waals surface area contributed by atoms with Crippen LogP contribution >= 0.6 is 0 Å². The van der Waals surface area contributed by atoms with Crippen molar-refractivity contribution >= 4 is 17.7 Å². The number of alkyl halides is 3. The van der Waals surface area contributed by atoms with Gasteiger partial charge in [-0.15, -0.1) is 0 Å². The normalized spacial score (nSPS) is 28.0. The van der Waals surface area contributed by atoms with E-state index in [9.17, 15) is 27.6 Å². The maximum Gasteiger partial charge on any atom is 0.411 e. The second kappa shape index (κ2) is 9.42. The Bertz CT molecular complexity index is 1010. The first-order valence-corrected chi connectivity index (χ1v) is 12.0. The third-order valence-electron chi connectivity index (χ3n) is 7.28. The van der Waals surface area contributed by atoms with Crippen molar-refractivity contribution in [2.45, 2.75) is 75.5 Å². The first kappa shape index (κ1) is 24.1. The highest BCUT2D eigenvalue weighted by Gasteiger charge is 2.42. The Kier molecular flexibility index (Phi) is 6.47. The summed E-state index contributed by atoms with van der Waals surface area (Å²) in [5.41, 5.74) is 1.30. The van der Waals surface area contributed by atoms with Crippen molar-refractivity contribution in [1.29, 1.82) is 0 Å². The van der Waals surface area contributed by atoms with Crippen LogP contribution in [0.2, 0.25) is 0 Å². The Balaban J connectivity index is 1.21. The minimum absolute atomic E-state index is 0.101. The van der Waals surface area contributed by atoms with Crippen LogP contribution in [-0.4, -0.2) is 77.7 Å². The molecule has 190 valence electrons. The molecule has 3 atom stereocenters. The Labute approximate surface area is 200 Å². The van der Waals surface area contributed by atoms with E-state index in [1.54, 1.807) is 12.1 Å². The van der Waals surface area contributed by atoms with Crippen LogP contribution in [0.5, 0.6) is 5.75 Å². The molecule has 1 aliphatic carbocycles. The predicted octanol–water partition coefficient (Wildman–Crippen LogP) is 2.40. The predicted molar refractivity (Wildman–Crippen MR) is 117 cm³/mol. The van der Waals surface area contributed by atoms with Crippen molar-refractivity contribution in [2.24, 2.45) is 0 Å². The lowest BCUT2D eigenvalue weighted by Crippen LogP contribution is -2.61.